The second kappa shape index (κ2) is 8.72. The highest BCUT2D eigenvalue weighted by molar-refractivity contribution is 7.99. The van der Waals surface area contributed by atoms with Gasteiger partial charge in [-0.05, 0) is 28.9 Å². The number of thioether (sulfide) groups is 1. The summed E-state index contributed by atoms with van der Waals surface area (Å²) in [5.41, 5.74) is 10.5. The minimum atomic E-state index is -0.00521. The molecule has 0 aromatic heterocycles. The lowest BCUT2D eigenvalue weighted by molar-refractivity contribution is 0.705. The molecule has 0 spiro atoms. The first-order valence-electron chi connectivity index (χ1n) is 8.35. The van der Waals surface area contributed by atoms with Crippen molar-refractivity contribution in [3.05, 3.63) is 108 Å². The van der Waals surface area contributed by atoms with Crippen LogP contribution >= 0.6 is 11.8 Å². The van der Waals surface area contributed by atoms with Gasteiger partial charge in [0.25, 0.3) is 0 Å². The van der Waals surface area contributed by atoms with E-state index in [-0.39, 0.29) is 11.3 Å². The molecule has 122 valence electrons. The molecular weight excluding hydrogens is 310 g/mol. The summed E-state index contributed by atoms with van der Waals surface area (Å²) in [5, 5.41) is 0.261. The predicted molar refractivity (Wildman–Crippen MR) is 105 cm³/mol. The first-order valence-corrected chi connectivity index (χ1v) is 9.40. The second-order valence-corrected chi connectivity index (χ2v) is 7.12. The zero-order valence-corrected chi connectivity index (χ0v) is 14.5. The van der Waals surface area contributed by atoms with Crippen LogP contribution in [0, 0.1) is 0 Å². The average molecular weight is 334 g/mol. The van der Waals surface area contributed by atoms with Gasteiger partial charge in [-0.1, -0.05) is 91.0 Å². The highest BCUT2D eigenvalue weighted by Gasteiger charge is 2.21. The monoisotopic (exact) mass is 333 g/mol. The van der Waals surface area contributed by atoms with Crippen LogP contribution in [0.3, 0.4) is 0 Å². The molecule has 0 unspecified atom stereocenters. The molecule has 24 heavy (non-hydrogen) atoms. The number of rotatable bonds is 7. The lowest BCUT2D eigenvalue weighted by Gasteiger charge is -2.24. The quantitative estimate of drug-likeness (QED) is 0.626. The van der Waals surface area contributed by atoms with Crippen molar-refractivity contribution in [2.75, 3.05) is 5.75 Å². The topological polar surface area (TPSA) is 26.0 Å². The second-order valence-electron chi connectivity index (χ2n) is 5.87. The number of hydrogen-bond donors (Lipinski definition) is 1. The minimum absolute atomic E-state index is 0.00521. The lowest BCUT2D eigenvalue weighted by Crippen LogP contribution is -2.18. The van der Waals surface area contributed by atoms with Crippen LogP contribution in [-0.2, 0) is 6.42 Å². The van der Waals surface area contributed by atoms with Crippen LogP contribution in [0.25, 0.3) is 0 Å². The molecule has 0 amide bonds. The van der Waals surface area contributed by atoms with E-state index < -0.39 is 0 Å². The zero-order valence-electron chi connectivity index (χ0n) is 13.7. The average Bonchev–Trinajstić information content (AvgIpc) is 2.67. The van der Waals surface area contributed by atoms with Gasteiger partial charge in [0.05, 0.1) is 0 Å². The van der Waals surface area contributed by atoms with Crippen molar-refractivity contribution in [3.63, 3.8) is 0 Å². The SMILES string of the molecule is N[C@H](c1ccccc1)[C@@H](SCCc1ccccc1)c1ccccc1. The molecule has 3 aromatic carbocycles. The van der Waals surface area contributed by atoms with E-state index in [0.29, 0.717) is 0 Å². The van der Waals surface area contributed by atoms with Crippen LogP contribution in [-0.4, -0.2) is 5.75 Å². The molecule has 2 heteroatoms. The van der Waals surface area contributed by atoms with Gasteiger partial charge in [0.15, 0.2) is 0 Å². The van der Waals surface area contributed by atoms with Gasteiger partial charge in [-0.2, -0.15) is 11.8 Å². The molecule has 3 rings (SSSR count). The van der Waals surface area contributed by atoms with E-state index in [0.717, 1.165) is 12.2 Å². The largest absolute Gasteiger partial charge is 0.323 e. The van der Waals surface area contributed by atoms with Gasteiger partial charge in [0.1, 0.15) is 0 Å². The van der Waals surface area contributed by atoms with E-state index in [1.807, 2.05) is 17.8 Å². The summed E-state index contributed by atoms with van der Waals surface area (Å²) in [6.45, 7) is 0. The van der Waals surface area contributed by atoms with E-state index in [1.54, 1.807) is 0 Å². The smallest absolute Gasteiger partial charge is 0.0490 e. The molecule has 0 aliphatic heterocycles. The van der Waals surface area contributed by atoms with Crippen molar-refractivity contribution in [1.82, 2.24) is 0 Å². The first kappa shape index (κ1) is 16.8. The third-order valence-electron chi connectivity index (χ3n) is 4.17. The van der Waals surface area contributed by atoms with Crippen molar-refractivity contribution in [3.8, 4) is 0 Å². The standard InChI is InChI=1S/C22H23NS/c23-21(19-12-6-2-7-13-19)22(20-14-8-3-9-15-20)24-17-16-18-10-4-1-5-11-18/h1-15,21-22H,16-17,23H2/t21-,22+/m1/s1. The van der Waals surface area contributed by atoms with Gasteiger partial charge < -0.3 is 5.73 Å². The fourth-order valence-corrected chi connectivity index (χ4v) is 4.17. The summed E-state index contributed by atoms with van der Waals surface area (Å²) in [7, 11) is 0. The van der Waals surface area contributed by atoms with Gasteiger partial charge in [-0.25, -0.2) is 0 Å². The van der Waals surface area contributed by atoms with Crippen molar-refractivity contribution in [2.24, 2.45) is 5.73 Å². The van der Waals surface area contributed by atoms with Crippen LogP contribution < -0.4 is 5.73 Å². The summed E-state index contributed by atoms with van der Waals surface area (Å²) in [5.74, 6) is 1.06. The summed E-state index contributed by atoms with van der Waals surface area (Å²) in [4.78, 5) is 0. The minimum Gasteiger partial charge on any atom is -0.323 e. The van der Waals surface area contributed by atoms with E-state index in [4.69, 9.17) is 5.73 Å². The predicted octanol–water partition coefficient (Wildman–Crippen LogP) is 5.40. The Hall–Kier alpha value is -2.03. The molecule has 0 saturated heterocycles. The molecule has 0 heterocycles. The third-order valence-corrected chi connectivity index (χ3v) is 5.53. The Morgan fingerprint density at radius 1 is 0.667 bits per heavy atom. The van der Waals surface area contributed by atoms with Crippen LogP contribution in [0.2, 0.25) is 0 Å². The van der Waals surface area contributed by atoms with Gasteiger partial charge >= 0.3 is 0 Å². The van der Waals surface area contributed by atoms with Gasteiger partial charge in [-0.15, -0.1) is 0 Å². The summed E-state index contributed by atoms with van der Waals surface area (Å²) in [6.07, 6.45) is 1.07. The Kier molecular flexibility index (Phi) is 6.11. The van der Waals surface area contributed by atoms with E-state index in [9.17, 15) is 0 Å². The Morgan fingerprint density at radius 2 is 1.17 bits per heavy atom. The Labute approximate surface area is 148 Å². The molecule has 3 aromatic rings. The van der Waals surface area contributed by atoms with Crippen LogP contribution in [0.5, 0.6) is 0 Å². The van der Waals surface area contributed by atoms with Crippen LogP contribution in [0.15, 0.2) is 91.0 Å². The molecule has 0 aliphatic rings. The third kappa shape index (κ3) is 4.50. The maximum absolute atomic E-state index is 6.63. The lowest BCUT2D eigenvalue weighted by atomic mass is 9.99. The van der Waals surface area contributed by atoms with Gasteiger partial charge in [-0.3, -0.25) is 0 Å². The number of aryl methyl sites for hydroxylation is 1. The van der Waals surface area contributed by atoms with E-state index >= 15 is 0 Å². The van der Waals surface area contributed by atoms with Crippen LogP contribution in [0.1, 0.15) is 28.0 Å². The first-order chi connectivity index (χ1) is 11.8. The number of benzene rings is 3. The van der Waals surface area contributed by atoms with Crippen molar-refractivity contribution in [2.45, 2.75) is 17.7 Å². The fraction of sp³-hybridized carbons (Fsp3) is 0.182. The zero-order chi connectivity index (χ0) is 16.6. The Morgan fingerprint density at radius 3 is 1.75 bits per heavy atom. The molecule has 0 bridgehead atoms. The maximum Gasteiger partial charge on any atom is 0.0490 e. The summed E-state index contributed by atoms with van der Waals surface area (Å²) >= 11 is 1.95. The maximum atomic E-state index is 6.63. The Bertz CT molecular complexity index is 713. The van der Waals surface area contributed by atoms with Crippen molar-refractivity contribution >= 4 is 11.8 Å². The normalized spacial score (nSPS) is 13.4. The molecule has 1 nitrogen and oxygen atoms in total. The molecule has 0 fully saturated rings. The molecule has 0 aliphatic carbocycles. The number of hydrogen-bond acceptors (Lipinski definition) is 2. The highest BCUT2D eigenvalue weighted by Crippen LogP contribution is 2.38. The molecule has 2 N–H and O–H groups in total. The molecular formula is C22H23NS. The van der Waals surface area contributed by atoms with Crippen molar-refractivity contribution in [1.29, 1.82) is 0 Å². The Balaban J connectivity index is 1.73. The molecule has 0 radical (unpaired) electrons. The summed E-state index contributed by atoms with van der Waals surface area (Å²) in [6, 6.07) is 31.7. The van der Waals surface area contributed by atoms with Crippen LogP contribution in [0.4, 0.5) is 0 Å². The fourth-order valence-electron chi connectivity index (χ4n) is 2.85. The van der Waals surface area contributed by atoms with Crippen molar-refractivity contribution < 1.29 is 0 Å². The van der Waals surface area contributed by atoms with Gasteiger partial charge in [0, 0.05) is 11.3 Å². The van der Waals surface area contributed by atoms with E-state index in [1.165, 1.54) is 16.7 Å². The number of nitrogens with two attached hydrogens (primary N) is 1. The highest BCUT2D eigenvalue weighted by atomic mass is 32.2. The summed E-state index contributed by atoms with van der Waals surface area (Å²) < 4.78 is 0. The molecule has 2 atom stereocenters. The molecule has 0 saturated carbocycles. The van der Waals surface area contributed by atoms with Gasteiger partial charge in [0.2, 0.25) is 0 Å². The van der Waals surface area contributed by atoms with E-state index in [2.05, 4.69) is 84.9 Å².